The van der Waals surface area contributed by atoms with Crippen LogP contribution in [-0.2, 0) is 6.42 Å². The van der Waals surface area contributed by atoms with Crippen LogP contribution in [0.1, 0.15) is 98.0 Å². The molecular weight excluding hydrogens is 456 g/mol. The van der Waals surface area contributed by atoms with E-state index >= 15 is 0 Å². The molecule has 0 saturated heterocycles. The summed E-state index contributed by atoms with van der Waals surface area (Å²) < 4.78 is 0. The van der Waals surface area contributed by atoms with Crippen molar-refractivity contribution in [2.75, 3.05) is 16.0 Å². The number of amides is 1. The van der Waals surface area contributed by atoms with Crippen molar-refractivity contribution in [2.45, 2.75) is 84.7 Å². The lowest BCUT2D eigenvalue weighted by Gasteiger charge is -2.22. The van der Waals surface area contributed by atoms with Crippen LogP contribution in [0.3, 0.4) is 0 Å². The lowest BCUT2D eigenvalue weighted by atomic mass is 9.89. The molecule has 5 nitrogen and oxygen atoms in total. The molecule has 2 heterocycles. The highest BCUT2D eigenvalue weighted by molar-refractivity contribution is 6.06. The van der Waals surface area contributed by atoms with Gasteiger partial charge in [-0.15, -0.1) is 0 Å². The minimum atomic E-state index is -0.0746. The van der Waals surface area contributed by atoms with E-state index in [1.165, 1.54) is 49.7 Å². The Labute approximate surface area is 222 Å². The van der Waals surface area contributed by atoms with Crippen molar-refractivity contribution < 1.29 is 4.79 Å². The average Bonchev–Trinajstić information content (AvgIpc) is 3.26. The van der Waals surface area contributed by atoms with Crippen LogP contribution in [0.4, 0.5) is 17.2 Å². The number of aromatic nitrogens is 1. The second-order valence-electron chi connectivity index (χ2n) is 10.2. The zero-order valence-electron chi connectivity index (χ0n) is 22.8. The highest BCUT2D eigenvalue weighted by atomic mass is 16.1. The molecule has 5 heteroatoms. The minimum absolute atomic E-state index is 0.0388. The summed E-state index contributed by atoms with van der Waals surface area (Å²) in [6.45, 7) is 8.68. The van der Waals surface area contributed by atoms with Crippen LogP contribution in [-0.4, -0.2) is 17.1 Å². The Hall–Kier alpha value is -3.47. The van der Waals surface area contributed by atoms with Gasteiger partial charge in [-0.25, -0.2) is 0 Å². The summed E-state index contributed by atoms with van der Waals surface area (Å²) in [7, 11) is 0. The fourth-order valence-electron chi connectivity index (χ4n) is 5.13. The predicted octanol–water partition coefficient (Wildman–Crippen LogP) is 8.48. The van der Waals surface area contributed by atoms with E-state index in [1.54, 1.807) is 0 Å². The van der Waals surface area contributed by atoms with E-state index in [1.807, 2.05) is 12.1 Å². The zero-order valence-corrected chi connectivity index (χ0v) is 22.8. The quantitative estimate of drug-likeness (QED) is 0.189. The number of carbonyl (C=O) groups is 1. The van der Waals surface area contributed by atoms with Crippen LogP contribution in [0.5, 0.6) is 0 Å². The summed E-state index contributed by atoms with van der Waals surface area (Å²) in [4.78, 5) is 16.7. The van der Waals surface area contributed by atoms with E-state index in [9.17, 15) is 4.79 Å². The van der Waals surface area contributed by atoms with Gasteiger partial charge in [0, 0.05) is 22.5 Å². The molecule has 37 heavy (non-hydrogen) atoms. The van der Waals surface area contributed by atoms with Crippen LogP contribution in [0.2, 0.25) is 0 Å². The van der Waals surface area contributed by atoms with Crippen LogP contribution in [0.15, 0.2) is 54.6 Å². The van der Waals surface area contributed by atoms with Gasteiger partial charge in [0.2, 0.25) is 0 Å². The maximum Gasteiger partial charge on any atom is 0.255 e. The van der Waals surface area contributed by atoms with Gasteiger partial charge in [-0.05, 0) is 74.1 Å². The maximum absolute atomic E-state index is 13.2. The second kappa shape index (κ2) is 12.7. The number of carbonyl (C=O) groups excluding carboxylic acids is 1. The van der Waals surface area contributed by atoms with Gasteiger partial charge in [0.1, 0.15) is 12.0 Å². The molecular formula is C32H42N4O. The molecule has 0 spiro atoms. The number of hydrogen-bond donors (Lipinski definition) is 4. The first-order valence-corrected chi connectivity index (χ1v) is 14.0. The monoisotopic (exact) mass is 498 g/mol. The summed E-state index contributed by atoms with van der Waals surface area (Å²) in [6.07, 6.45) is 12.3. The first-order valence-electron chi connectivity index (χ1n) is 14.0. The van der Waals surface area contributed by atoms with Crippen molar-refractivity contribution >= 4 is 29.2 Å². The number of unbranched alkanes of at least 4 members (excludes halogenated alkanes) is 2. The Morgan fingerprint density at radius 1 is 0.946 bits per heavy atom. The molecule has 0 bridgehead atoms. The van der Waals surface area contributed by atoms with Crippen LogP contribution >= 0.6 is 0 Å². The number of anilines is 3. The summed E-state index contributed by atoms with van der Waals surface area (Å²) in [5.74, 6) is 1.42. The molecule has 3 aromatic rings. The first-order chi connectivity index (χ1) is 18.0. The smallest absolute Gasteiger partial charge is 0.255 e. The normalized spacial score (nSPS) is 15.1. The standard InChI is InChI=1S/C32H42N4O/c1-5-8-9-11-23(10-6-2)24-14-16-25(17-15-24)32(37)36-30-27-20-21-29(35-31(27)34-28(30)7-3)33-26-18-12-22(4)13-19-26/h12-21,23,29,33-35H,5-11H2,1-4H3,(H,36,37). The van der Waals surface area contributed by atoms with Gasteiger partial charge in [-0.3, -0.25) is 4.79 Å². The van der Waals surface area contributed by atoms with Gasteiger partial charge >= 0.3 is 0 Å². The number of fused-ring (bicyclic) bond motifs is 1. The van der Waals surface area contributed by atoms with E-state index in [0.29, 0.717) is 11.5 Å². The highest BCUT2D eigenvalue weighted by Crippen LogP contribution is 2.34. The highest BCUT2D eigenvalue weighted by Gasteiger charge is 2.22. The van der Waals surface area contributed by atoms with Gasteiger partial charge < -0.3 is 20.9 Å². The van der Waals surface area contributed by atoms with Crippen molar-refractivity contribution in [3.05, 3.63) is 82.6 Å². The molecule has 1 aliphatic heterocycles. The molecule has 2 atom stereocenters. The van der Waals surface area contributed by atoms with Crippen LogP contribution in [0.25, 0.3) is 6.08 Å². The topological polar surface area (TPSA) is 69.0 Å². The molecule has 0 saturated carbocycles. The van der Waals surface area contributed by atoms with Crippen molar-refractivity contribution in [2.24, 2.45) is 0 Å². The molecule has 1 amide bonds. The molecule has 1 aliphatic rings. The fraction of sp³-hybridized carbons (Fsp3) is 0.406. The third kappa shape index (κ3) is 6.65. The second-order valence-corrected chi connectivity index (χ2v) is 10.2. The lowest BCUT2D eigenvalue weighted by molar-refractivity contribution is 0.102. The van der Waals surface area contributed by atoms with E-state index in [4.69, 9.17) is 0 Å². The number of hydrogen-bond acceptors (Lipinski definition) is 3. The Morgan fingerprint density at radius 2 is 1.70 bits per heavy atom. The summed E-state index contributed by atoms with van der Waals surface area (Å²) in [5, 5.41) is 10.2. The Balaban J connectivity index is 1.45. The molecule has 2 aromatic carbocycles. The molecule has 4 N–H and O–H groups in total. The first kappa shape index (κ1) is 26.6. The van der Waals surface area contributed by atoms with Gasteiger partial charge in [-0.2, -0.15) is 0 Å². The van der Waals surface area contributed by atoms with Gasteiger partial charge in [0.05, 0.1) is 5.69 Å². The SMILES string of the molecule is CCCCCC(CCC)c1ccc(C(=O)Nc2c(CC)[nH]c3c2C=CC(Nc2ccc(C)cc2)N3)cc1. The molecule has 196 valence electrons. The summed E-state index contributed by atoms with van der Waals surface area (Å²) in [6, 6.07) is 16.6. The van der Waals surface area contributed by atoms with Gasteiger partial charge in [-0.1, -0.05) is 76.3 Å². The number of nitrogens with one attached hydrogen (secondary N) is 4. The summed E-state index contributed by atoms with van der Waals surface area (Å²) >= 11 is 0. The van der Waals surface area contributed by atoms with Gasteiger partial charge in [0.15, 0.2) is 0 Å². The number of aromatic amines is 1. The van der Waals surface area contributed by atoms with E-state index in [-0.39, 0.29) is 12.1 Å². The van der Waals surface area contributed by atoms with Gasteiger partial charge in [0.25, 0.3) is 5.91 Å². The Morgan fingerprint density at radius 3 is 2.38 bits per heavy atom. The number of benzene rings is 2. The molecule has 2 unspecified atom stereocenters. The average molecular weight is 499 g/mol. The van der Waals surface area contributed by atoms with E-state index in [0.717, 1.165) is 34.9 Å². The molecule has 0 radical (unpaired) electrons. The lowest BCUT2D eigenvalue weighted by Crippen LogP contribution is -2.28. The number of H-pyrrole nitrogens is 1. The van der Waals surface area contributed by atoms with Crippen molar-refractivity contribution in [1.29, 1.82) is 0 Å². The third-order valence-corrected chi connectivity index (χ3v) is 7.27. The van der Waals surface area contributed by atoms with Crippen molar-refractivity contribution in [1.82, 2.24) is 4.98 Å². The Kier molecular flexibility index (Phi) is 9.10. The molecule has 0 fully saturated rings. The maximum atomic E-state index is 13.2. The molecule has 4 rings (SSSR count). The Bertz CT molecular complexity index is 1190. The van der Waals surface area contributed by atoms with Crippen molar-refractivity contribution in [3.8, 4) is 0 Å². The zero-order chi connectivity index (χ0) is 26.2. The molecule has 0 aliphatic carbocycles. The summed E-state index contributed by atoms with van der Waals surface area (Å²) in [5.41, 5.74) is 7.19. The molecule has 1 aromatic heterocycles. The minimum Gasteiger partial charge on any atom is -0.362 e. The fourth-order valence-corrected chi connectivity index (χ4v) is 5.13. The third-order valence-electron chi connectivity index (χ3n) is 7.27. The van der Waals surface area contributed by atoms with Crippen LogP contribution in [0, 0.1) is 6.92 Å². The number of aryl methyl sites for hydroxylation is 2. The van der Waals surface area contributed by atoms with Crippen LogP contribution < -0.4 is 16.0 Å². The van der Waals surface area contributed by atoms with E-state index < -0.39 is 0 Å². The predicted molar refractivity (Wildman–Crippen MR) is 158 cm³/mol. The largest absolute Gasteiger partial charge is 0.362 e. The van der Waals surface area contributed by atoms with Crippen molar-refractivity contribution in [3.63, 3.8) is 0 Å². The number of rotatable bonds is 12. The van der Waals surface area contributed by atoms with E-state index in [2.05, 4.69) is 97.2 Å².